The molecule has 1 heterocycles. The number of nitrogens with zero attached hydrogens (tertiary/aromatic N) is 2. The van der Waals surface area contributed by atoms with Gasteiger partial charge in [-0.25, -0.2) is 4.98 Å². The molecule has 2 rings (SSSR count). The summed E-state index contributed by atoms with van der Waals surface area (Å²) in [4.78, 5) is 15.8. The van der Waals surface area contributed by atoms with E-state index >= 15 is 0 Å². The molecule has 1 fully saturated rings. The maximum absolute atomic E-state index is 11.7. The molecule has 88 valence electrons. The molecule has 1 aliphatic carbocycles. The summed E-state index contributed by atoms with van der Waals surface area (Å²) in [6.45, 7) is -0.315. The third-order valence-corrected chi connectivity index (χ3v) is 2.75. The summed E-state index contributed by atoms with van der Waals surface area (Å²) in [6.07, 6.45) is 1.03. The Morgan fingerprint density at radius 2 is 2.31 bits per heavy atom. The molecule has 0 saturated heterocycles. The third-order valence-electron chi connectivity index (χ3n) is 2.55. The van der Waals surface area contributed by atoms with Gasteiger partial charge in [0.2, 0.25) is 0 Å². The van der Waals surface area contributed by atoms with Gasteiger partial charge in [0.25, 0.3) is 5.56 Å². The van der Waals surface area contributed by atoms with E-state index < -0.39 is 6.10 Å². The molecule has 6 heteroatoms. The van der Waals surface area contributed by atoms with Crippen molar-refractivity contribution < 1.29 is 10.2 Å². The lowest BCUT2D eigenvalue weighted by Gasteiger charge is -2.14. The summed E-state index contributed by atoms with van der Waals surface area (Å²) < 4.78 is 1.39. The highest BCUT2D eigenvalue weighted by Gasteiger charge is 2.29. The highest BCUT2D eigenvalue weighted by Crippen LogP contribution is 2.38. The quantitative estimate of drug-likeness (QED) is 0.738. The summed E-state index contributed by atoms with van der Waals surface area (Å²) >= 11 is 5.73. The van der Waals surface area contributed by atoms with E-state index in [1.54, 1.807) is 0 Å². The fourth-order valence-electron chi connectivity index (χ4n) is 1.60. The minimum atomic E-state index is -0.946. The molecule has 1 aromatic heterocycles. The van der Waals surface area contributed by atoms with E-state index in [0.29, 0.717) is 5.82 Å². The molecule has 0 bridgehead atoms. The molecule has 0 spiro atoms. The predicted molar refractivity (Wildman–Crippen MR) is 58.6 cm³/mol. The van der Waals surface area contributed by atoms with Crippen molar-refractivity contribution in [3.8, 4) is 0 Å². The van der Waals surface area contributed by atoms with Crippen LogP contribution in [-0.4, -0.2) is 32.5 Å². The van der Waals surface area contributed by atoms with E-state index in [1.807, 2.05) is 0 Å². The van der Waals surface area contributed by atoms with Crippen LogP contribution in [0.3, 0.4) is 0 Å². The van der Waals surface area contributed by atoms with E-state index in [2.05, 4.69) is 4.98 Å². The number of hydrogen-bond donors (Lipinski definition) is 2. The number of aliphatic hydroxyl groups excluding tert-OH is 2. The summed E-state index contributed by atoms with van der Waals surface area (Å²) in [6, 6.07) is 1.22. The molecule has 16 heavy (non-hydrogen) atoms. The van der Waals surface area contributed by atoms with E-state index in [9.17, 15) is 9.90 Å². The van der Waals surface area contributed by atoms with Crippen molar-refractivity contribution in [1.82, 2.24) is 9.55 Å². The van der Waals surface area contributed by atoms with Crippen molar-refractivity contribution in [3.63, 3.8) is 0 Å². The van der Waals surface area contributed by atoms with Crippen LogP contribution in [0, 0.1) is 0 Å². The highest BCUT2D eigenvalue weighted by molar-refractivity contribution is 6.29. The van der Waals surface area contributed by atoms with E-state index in [-0.39, 0.29) is 29.8 Å². The average molecular weight is 245 g/mol. The first-order valence-electron chi connectivity index (χ1n) is 5.18. The van der Waals surface area contributed by atoms with Crippen LogP contribution in [0.15, 0.2) is 10.9 Å². The molecule has 0 aliphatic heterocycles. The Kier molecular flexibility index (Phi) is 3.28. The Labute approximate surface area is 97.3 Å². The average Bonchev–Trinajstić information content (AvgIpc) is 3.04. The smallest absolute Gasteiger partial charge is 0.255 e. The van der Waals surface area contributed by atoms with Crippen LogP contribution >= 0.6 is 11.6 Å². The molecule has 0 amide bonds. The zero-order valence-electron chi connectivity index (χ0n) is 8.64. The van der Waals surface area contributed by atoms with Gasteiger partial charge in [-0.2, -0.15) is 0 Å². The van der Waals surface area contributed by atoms with Gasteiger partial charge in [-0.1, -0.05) is 11.6 Å². The molecular formula is C10H13ClN2O3. The number of halogens is 1. The van der Waals surface area contributed by atoms with Crippen molar-refractivity contribution in [1.29, 1.82) is 0 Å². The van der Waals surface area contributed by atoms with Crippen LogP contribution < -0.4 is 5.56 Å². The van der Waals surface area contributed by atoms with E-state index in [1.165, 1.54) is 10.6 Å². The second-order valence-corrected chi connectivity index (χ2v) is 4.38. The molecule has 1 aliphatic rings. The van der Waals surface area contributed by atoms with Crippen LogP contribution in [-0.2, 0) is 6.54 Å². The number of hydrogen-bond acceptors (Lipinski definition) is 4. The molecule has 5 nitrogen and oxygen atoms in total. The summed E-state index contributed by atoms with van der Waals surface area (Å²) in [5.74, 6) is 0.877. The van der Waals surface area contributed by atoms with Gasteiger partial charge in [-0.3, -0.25) is 9.36 Å². The van der Waals surface area contributed by atoms with Crippen molar-refractivity contribution in [2.24, 2.45) is 0 Å². The largest absolute Gasteiger partial charge is 0.394 e. The van der Waals surface area contributed by atoms with Gasteiger partial charge in [0.1, 0.15) is 11.0 Å². The Morgan fingerprint density at radius 3 is 2.88 bits per heavy atom. The minimum Gasteiger partial charge on any atom is -0.394 e. The van der Waals surface area contributed by atoms with Crippen LogP contribution in [0.1, 0.15) is 24.6 Å². The number of rotatable bonds is 4. The van der Waals surface area contributed by atoms with Gasteiger partial charge in [0.05, 0.1) is 19.3 Å². The number of aromatic nitrogens is 2. The van der Waals surface area contributed by atoms with Crippen molar-refractivity contribution in [2.75, 3.05) is 6.61 Å². The highest BCUT2D eigenvalue weighted by atomic mass is 35.5. The molecule has 0 radical (unpaired) electrons. The van der Waals surface area contributed by atoms with Gasteiger partial charge < -0.3 is 10.2 Å². The van der Waals surface area contributed by atoms with Crippen molar-refractivity contribution >= 4 is 11.6 Å². The second-order valence-electron chi connectivity index (χ2n) is 4.00. The zero-order chi connectivity index (χ0) is 11.7. The van der Waals surface area contributed by atoms with E-state index in [0.717, 1.165) is 12.8 Å². The van der Waals surface area contributed by atoms with E-state index in [4.69, 9.17) is 16.7 Å². The Morgan fingerprint density at radius 1 is 1.62 bits per heavy atom. The van der Waals surface area contributed by atoms with Crippen LogP contribution in [0.25, 0.3) is 0 Å². The lowest BCUT2D eigenvalue weighted by molar-refractivity contribution is 0.0793. The molecule has 0 aromatic carbocycles. The fourth-order valence-corrected chi connectivity index (χ4v) is 1.78. The first-order chi connectivity index (χ1) is 7.61. The first-order valence-corrected chi connectivity index (χ1v) is 5.56. The molecule has 1 saturated carbocycles. The third kappa shape index (κ3) is 2.42. The van der Waals surface area contributed by atoms with Gasteiger partial charge in [-0.05, 0) is 12.8 Å². The normalized spacial score (nSPS) is 17.4. The van der Waals surface area contributed by atoms with Gasteiger partial charge in [0.15, 0.2) is 0 Å². The number of aliphatic hydroxyl groups is 2. The van der Waals surface area contributed by atoms with Crippen molar-refractivity contribution in [2.45, 2.75) is 31.4 Å². The van der Waals surface area contributed by atoms with Gasteiger partial charge in [0, 0.05) is 12.0 Å². The SMILES string of the molecule is O=c1cc(Cl)nc(C2CC2)n1CC(O)CO. The molecule has 2 N–H and O–H groups in total. The monoisotopic (exact) mass is 244 g/mol. The molecule has 1 aromatic rings. The minimum absolute atomic E-state index is 0.0608. The molecular weight excluding hydrogens is 232 g/mol. The summed E-state index contributed by atoms with van der Waals surface area (Å²) in [5.41, 5.74) is -0.283. The standard InChI is InChI=1S/C10H13ClN2O3/c11-8-3-9(16)13(4-7(15)5-14)10(12-8)6-1-2-6/h3,6-7,14-15H,1-2,4-5H2. The Balaban J connectivity index is 2.37. The first kappa shape index (κ1) is 11.6. The summed E-state index contributed by atoms with van der Waals surface area (Å²) in [7, 11) is 0. The van der Waals surface area contributed by atoms with Crippen molar-refractivity contribution in [3.05, 3.63) is 27.4 Å². The molecule has 1 atom stereocenters. The van der Waals surface area contributed by atoms with Crippen LogP contribution in [0.4, 0.5) is 0 Å². The Bertz CT molecular complexity index is 442. The molecule has 1 unspecified atom stereocenters. The lowest BCUT2D eigenvalue weighted by atomic mass is 10.3. The topological polar surface area (TPSA) is 75.4 Å². The predicted octanol–water partition coefficient (Wildman–Crippen LogP) is 0.127. The van der Waals surface area contributed by atoms with Crippen LogP contribution in [0.2, 0.25) is 5.15 Å². The maximum Gasteiger partial charge on any atom is 0.255 e. The lowest BCUT2D eigenvalue weighted by Crippen LogP contribution is -2.31. The summed E-state index contributed by atoms with van der Waals surface area (Å²) in [5, 5.41) is 18.3. The second kappa shape index (κ2) is 4.53. The Hall–Kier alpha value is -0.910. The van der Waals surface area contributed by atoms with Crippen LogP contribution in [0.5, 0.6) is 0 Å². The van der Waals surface area contributed by atoms with Gasteiger partial charge >= 0.3 is 0 Å². The fraction of sp³-hybridized carbons (Fsp3) is 0.600. The maximum atomic E-state index is 11.7. The zero-order valence-corrected chi connectivity index (χ0v) is 9.39. The van der Waals surface area contributed by atoms with Gasteiger partial charge in [-0.15, -0.1) is 0 Å².